The van der Waals surface area contributed by atoms with Gasteiger partial charge in [0.2, 0.25) is 0 Å². The zero-order chi connectivity index (χ0) is 13.1. The summed E-state index contributed by atoms with van der Waals surface area (Å²) in [6, 6.07) is 2.02. The summed E-state index contributed by atoms with van der Waals surface area (Å²) in [6.07, 6.45) is 2.25. The molecule has 0 atom stereocenters. The van der Waals surface area contributed by atoms with Crippen molar-refractivity contribution in [2.24, 2.45) is 5.92 Å². The Morgan fingerprint density at radius 2 is 2.12 bits per heavy atom. The molecule has 0 aromatic carbocycles. The molecule has 0 saturated carbocycles. The lowest BCUT2D eigenvalue weighted by atomic mass is 10.0. The van der Waals surface area contributed by atoms with Gasteiger partial charge in [0.05, 0.1) is 5.02 Å². The second-order valence-corrected chi connectivity index (χ2v) is 7.02. The van der Waals surface area contributed by atoms with Gasteiger partial charge in [-0.15, -0.1) is 11.3 Å². The highest BCUT2D eigenvalue weighted by Crippen LogP contribution is 2.23. The maximum Gasteiger partial charge on any atom is 0.0519 e. The molecule has 0 radical (unpaired) electrons. The van der Waals surface area contributed by atoms with Crippen molar-refractivity contribution < 1.29 is 0 Å². The number of halogens is 1. The molecule has 0 aliphatic rings. The van der Waals surface area contributed by atoms with Crippen LogP contribution in [0, 0.1) is 5.92 Å². The van der Waals surface area contributed by atoms with E-state index in [2.05, 4.69) is 46.0 Å². The third-order valence-corrected chi connectivity index (χ3v) is 3.71. The molecular formula is C14H22ClNS. The Balaban J connectivity index is 2.76. The highest BCUT2D eigenvalue weighted by Gasteiger charge is 2.11. The molecule has 1 N–H and O–H groups in total. The molecule has 1 nitrogen and oxygen atoms in total. The Labute approximate surface area is 114 Å². The second-order valence-electron chi connectivity index (χ2n) is 5.64. The van der Waals surface area contributed by atoms with Crippen LogP contribution in [0.25, 0.3) is 6.08 Å². The van der Waals surface area contributed by atoms with Gasteiger partial charge in [0.15, 0.2) is 0 Å². The molecule has 1 aromatic rings. The van der Waals surface area contributed by atoms with Gasteiger partial charge in [-0.25, -0.2) is 0 Å². The van der Waals surface area contributed by atoms with Gasteiger partial charge in [0, 0.05) is 22.3 Å². The summed E-state index contributed by atoms with van der Waals surface area (Å²) in [5.41, 5.74) is 1.57. The first-order valence-corrected chi connectivity index (χ1v) is 7.23. The van der Waals surface area contributed by atoms with Crippen LogP contribution in [-0.2, 0) is 0 Å². The predicted octanol–water partition coefficient (Wildman–Crippen LogP) is 4.83. The second kappa shape index (κ2) is 6.03. The SMILES string of the molecule is CC(C)C(=Cc1cc(Cl)cs1)CNC(C)(C)C. The van der Waals surface area contributed by atoms with Crippen LogP contribution in [0.5, 0.6) is 0 Å². The summed E-state index contributed by atoms with van der Waals surface area (Å²) < 4.78 is 0. The van der Waals surface area contributed by atoms with E-state index in [4.69, 9.17) is 11.6 Å². The molecule has 1 rings (SSSR count). The van der Waals surface area contributed by atoms with E-state index < -0.39 is 0 Å². The zero-order valence-corrected chi connectivity index (χ0v) is 12.9. The highest BCUT2D eigenvalue weighted by atomic mass is 35.5. The topological polar surface area (TPSA) is 12.0 Å². The molecule has 1 aromatic heterocycles. The summed E-state index contributed by atoms with van der Waals surface area (Å²) >= 11 is 7.63. The Bertz CT molecular complexity index is 385. The van der Waals surface area contributed by atoms with Crippen molar-refractivity contribution >= 4 is 29.0 Å². The van der Waals surface area contributed by atoms with E-state index in [0.717, 1.165) is 11.6 Å². The van der Waals surface area contributed by atoms with E-state index in [-0.39, 0.29) is 5.54 Å². The van der Waals surface area contributed by atoms with Gasteiger partial charge < -0.3 is 5.32 Å². The first-order valence-electron chi connectivity index (χ1n) is 5.97. The standard InChI is InChI=1S/C14H22ClNS/c1-10(2)11(8-16-14(3,4)5)6-13-7-12(15)9-17-13/h6-7,9-10,16H,8H2,1-5H3. The van der Waals surface area contributed by atoms with Crippen molar-refractivity contribution in [1.82, 2.24) is 5.32 Å². The van der Waals surface area contributed by atoms with E-state index in [9.17, 15) is 0 Å². The molecule has 3 heteroatoms. The molecule has 0 amide bonds. The first-order chi connectivity index (χ1) is 7.78. The normalized spacial score (nSPS) is 13.5. The summed E-state index contributed by atoms with van der Waals surface area (Å²) in [4.78, 5) is 1.23. The highest BCUT2D eigenvalue weighted by molar-refractivity contribution is 7.11. The first kappa shape index (κ1) is 14.7. The van der Waals surface area contributed by atoms with Crippen molar-refractivity contribution in [1.29, 1.82) is 0 Å². The van der Waals surface area contributed by atoms with Crippen LogP contribution in [0.3, 0.4) is 0 Å². The summed E-state index contributed by atoms with van der Waals surface area (Å²) in [5.74, 6) is 0.547. The predicted molar refractivity (Wildman–Crippen MR) is 79.9 cm³/mol. The Morgan fingerprint density at radius 3 is 2.53 bits per heavy atom. The van der Waals surface area contributed by atoms with Gasteiger partial charge >= 0.3 is 0 Å². The number of thiophene rings is 1. The van der Waals surface area contributed by atoms with Crippen LogP contribution >= 0.6 is 22.9 Å². The maximum atomic E-state index is 5.94. The molecule has 0 fully saturated rings. The summed E-state index contributed by atoms with van der Waals surface area (Å²) in [7, 11) is 0. The zero-order valence-electron chi connectivity index (χ0n) is 11.3. The largest absolute Gasteiger partial charge is 0.308 e. The van der Waals surface area contributed by atoms with Crippen molar-refractivity contribution in [3.05, 3.63) is 26.9 Å². The minimum Gasteiger partial charge on any atom is -0.308 e. The van der Waals surface area contributed by atoms with E-state index in [0.29, 0.717) is 5.92 Å². The van der Waals surface area contributed by atoms with Crippen molar-refractivity contribution in [3.8, 4) is 0 Å². The van der Waals surface area contributed by atoms with Crippen LogP contribution < -0.4 is 5.32 Å². The average Bonchev–Trinajstić information content (AvgIpc) is 2.56. The molecule has 1 heterocycles. The third-order valence-electron chi connectivity index (χ3n) is 2.48. The van der Waals surface area contributed by atoms with Crippen LogP contribution in [-0.4, -0.2) is 12.1 Å². The monoisotopic (exact) mass is 271 g/mol. The average molecular weight is 272 g/mol. The van der Waals surface area contributed by atoms with Gasteiger partial charge in [-0.1, -0.05) is 31.0 Å². The maximum absolute atomic E-state index is 5.94. The molecular weight excluding hydrogens is 250 g/mol. The van der Waals surface area contributed by atoms with Crippen LogP contribution in [0.2, 0.25) is 5.02 Å². The van der Waals surface area contributed by atoms with Gasteiger partial charge in [-0.05, 0) is 38.8 Å². The number of nitrogens with one attached hydrogen (secondary N) is 1. The Kier molecular flexibility index (Phi) is 5.23. The molecule has 0 spiro atoms. The molecule has 0 aliphatic heterocycles. The van der Waals surface area contributed by atoms with Crippen molar-refractivity contribution in [2.45, 2.75) is 40.2 Å². The van der Waals surface area contributed by atoms with Gasteiger partial charge in [0.25, 0.3) is 0 Å². The van der Waals surface area contributed by atoms with Crippen LogP contribution in [0.15, 0.2) is 17.0 Å². The molecule has 0 unspecified atom stereocenters. The van der Waals surface area contributed by atoms with Crippen LogP contribution in [0.1, 0.15) is 39.5 Å². The van der Waals surface area contributed by atoms with E-state index in [1.807, 2.05) is 11.4 Å². The molecule has 0 bridgehead atoms. The lowest BCUT2D eigenvalue weighted by Gasteiger charge is -2.23. The fraction of sp³-hybridized carbons (Fsp3) is 0.571. The van der Waals surface area contributed by atoms with E-state index in [1.54, 1.807) is 11.3 Å². The minimum absolute atomic E-state index is 0.154. The van der Waals surface area contributed by atoms with Crippen LogP contribution in [0.4, 0.5) is 0 Å². The molecule has 0 saturated heterocycles. The molecule has 96 valence electrons. The molecule has 0 aliphatic carbocycles. The number of hydrogen-bond donors (Lipinski definition) is 1. The minimum atomic E-state index is 0.154. The third kappa shape index (κ3) is 5.71. The quantitative estimate of drug-likeness (QED) is 0.827. The number of hydrogen-bond acceptors (Lipinski definition) is 2. The summed E-state index contributed by atoms with van der Waals surface area (Å²) in [5, 5.41) is 6.34. The molecule has 17 heavy (non-hydrogen) atoms. The fourth-order valence-electron chi connectivity index (χ4n) is 1.38. The van der Waals surface area contributed by atoms with E-state index in [1.165, 1.54) is 10.5 Å². The lowest BCUT2D eigenvalue weighted by Crippen LogP contribution is -2.37. The Hall–Kier alpha value is -0.310. The van der Waals surface area contributed by atoms with Crippen molar-refractivity contribution in [2.75, 3.05) is 6.54 Å². The van der Waals surface area contributed by atoms with Gasteiger partial charge in [-0.3, -0.25) is 0 Å². The lowest BCUT2D eigenvalue weighted by molar-refractivity contribution is 0.437. The summed E-state index contributed by atoms with van der Waals surface area (Å²) in [6.45, 7) is 11.9. The van der Waals surface area contributed by atoms with Gasteiger partial charge in [-0.2, -0.15) is 0 Å². The number of rotatable bonds is 4. The fourth-order valence-corrected chi connectivity index (χ4v) is 2.42. The Morgan fingerprint density at radius 1 is 1.47 bits per heavy atom. The smallest absolute Gasteiger partial charge is 0.0519 e. The van der Waals surface area contributed by atoms with E-state index >= 15 is 0 Å². The van der Waals surface area contributed by atoms with Gasteiger partial charge in [0.1, 0.15) is 0 Å². The van der Waals surface area contributed by atoms with Crippen molar-refractivity contribution in [3.63, 3.8) is 0 Å².